The lowest BCUT2D eigenvalue weighted by Gasteiger charge is -2.19. The smallest absolute Gasteiger partial charge is 0.262 e. The van der Waals surface area contributed by atoms with E-state index in [2.05, 4.69) is 28.8 Å². The van der Waals surface area contributed by atoms with Crippen molar-refractivity contribution in [1.29, 1.82) is 0 Å². The molecule has 0 heterocycles. The van der Waals surface area contributed by atoms with Gasteiger partial charge in [0.15, 0.2) is 0 Å². The molecule has 4 aromatic rings. The van der Waals surface area contributed by atoms with E-state index >= 15 is 0 Å². The molecule has 37 heavy (non-hydrogen) atoms. The SMILES string of the molecule is CCCCC(CC)c1ccccc1S(=O)(=O)Nc1ccc(O)c(N=Nc2c(O)ccc3ccccc23)c1. The number of unbranched alkanes of at least 4 members (excludes halogenated alkanes) is 1. The molecule has 0 saturated heterocycles. The molecule has 1 unspecified atom stereocenters. The molecule has 192 valence electrons. The molecular weight excluding hydrogens is 486 g/mol. The van der Waals surface area contributed by atoms with Crippen LogP contribution in [0.5, 0.6) is 11.5 Å². The Morgan fingerprint density at radius 3 is 2.38 bits per heavy atom. The van der Waals surface area contributed by atoms with E-state index in [0.29, 0.717) is 5.39 Å². The van der Waals surface area contributed by atoms with Gasteiger partial charge in [0.05, 0.1) is 10.6 Å². The first kappa shape index (κ1) is 26.2. The summed E-state index contributed by atoms with van der Waals surface area (Å²) in [6.45, 7) is 4.19. The van der Waals surface area contributed by atoms with Gasteiger partial charge in [-0.25, -0.2) is 8.42 Å². The Labute approximate surface area is 217 Å². The van der Waals surface area contributed by atoms with Gasteiger partial charge in [0, 0.05) is 5.39 Å². The van der Waals surface area contributed by atoms with Crippen molar-refractivity contribution in [3.05, 3.63) is 84.4 Å². The monoisotopic (exact) mass is 517 g/mol. The average Bonchev–Trinajstić information content (AvgIpc) is 2.90. The van der Waals surface area contributed by atoms with E-state index < -0.39 is 10.0 Å². The third-order valence-corrected chi connectivity index (χ3v) is 7.87. The highest BCUT2D eigenvalue weighted by Gasteiger charge is 2.23. The molecule has 0 fully saturated rings. The van der Waals surface area contributed by atoms with Crippen LogP contribution in [0, 0.1) is 0 Å². The first-order chi connectivity index (χ1) is 17.8. The van der Waals surface area contributed by atoms with Crippen molar-refractivity contribution in [1.82, 2.24) is 0 Å². The normalized spacial score (nSPS) is 12.7. The van der Waals surface area contributed by atoms with Crippen LogP contribution < -0.4 is 4.72 Å². The third kappa shape index (κ3) is 5.91. The Balaban J connectivity index is 1.65. The van der Waals surface area contributed by atoms with Gasteiger partial charge in [0.1, 0.15) is 22.9 Å². The topological polar surface area (TPSA) is 111 Å². The van der Waals surface area contributed by atoms with E-state index in [1.54, 1.807) is 18.2 Å². The summed E-state index contributed by atoms with van der Waals surface area (Å²) in [6, 6.07) is 22.1. The number of fused-ring (bicyclic) bond motifs is 1. The van der Waals surface area contributed by atoms with Crippen LogP contribution in [0.15, 0.2) is 94.0 Å². The molecule has 0 spiro atoms. The number of hydrogen-bond acceptors (Lipinski definition) is 6. The van der Waals surface area contributed by atoms with Crippen molar-refractivity contribution < 1.29 is 18.6 Å². The quantitative estimate of drug-likeness (QED) is 0.145. The number of benzene rings is 4. The van der Waals surface area contributed by atoms with Crippen LogP contribution in [0.4, 0.5) is 17.1 Å². The zero-order chi connectivity index (χ0) is 26.4. The van der Waals surface area contributed by atoms with Crippen LogP contribution in [0.2, 0.25) is 0 Å². The molecule has 3 N–H and O–H groups in total. The number of aromatic hydroxyl groups is 2. The fourth-order valence-corrected chi connectivity index (χ4v) is 5.77. The zero-order valence-electron chi connectivity index (χ0n) is 20.9. The Hall–Kier alpha value is -3.91. The standard InChI is InChI=1S/C29H31N3O4S/c1-3-5-10-20(4-2)23-12-8-9-14-28(23)37(35,36)32-22-16-18-26(33)25(19-22)30-31-29-24-13-7-6-11-21(24)15-17-27(29)34/h6-9,11-20,32-34H,3-5,10H2,1-2H3. The molecule has 7 nitrogen and oxygen atoms in total. The molecule has 0 amide bonds. The molecule has 0 saturated carbocycles. The largest absolute Gasteiger partial charge is 0.506 e. The summed E-state index contributed by atoms with van der Waals surface area (Å²) in [5.74, 6) is -0.0772. The summed E-state index contributed by atoms with van der Waals surface area (Å²) in [4.78, 5) is 0.245. The summed E-state index contributed by atoms with van der Waals surface area (Å²) in [5.41, 5.74) is 1.37. The second kappa shape index (κ2) is 11.4. The van der Waals surface area contributed by atoms with Gasteiger partial charge in [-0.2, -0.15) is 0 Å². The van der Waals surface area contributed by atoms with Gasteiger partial charge in [-0.15, -0.1) is 10.2 Å². The van der Waals surface area contributed by atoms with Gasteiger partial charge in [0.2, 0.25) is 0 Å². The van der Waals surface area contributed by atoms with Crippen molar-refractivity contribution in [3.63, 3.8) is 0 Å². The molecule has 4 rings (SSSR count). The average molecular weight is 518 g/mol. The lowest BCUT2D eigenvalue weighted by atomic mass is 9.91. The van der Waals surface area contributed by atoms with Crippen molar-refractivity contribution >= 4 is 37.9 Å². The van der Waals surface area contributed by atoms with Crippen molar-refractivity contribution in [2.45, 2.75) is 50.3 Å². The first-order valence-corrected chi connectivity index (χ1v) is 13.9. The van der Waals surface area contributed by atoms with Crippen LogP contribution in [0.1, 0.15) is 51.0 Å². The maximum Gasteiger partial charge on any atom is 0.262 e. The minimum Gasteiger partial charge on any atom is -0.506 e. The van der Waals surface area contributed by atoms with E-state index in [1.165, 1.54) is 24.3 Å². The molecule has 0 radical (unpaired) electrons. The predicted octanol–water partition coefficient (Wildman–Crippen LogP) is 8.15. The fourth-order valence-electron chi connectivity index (χ4n) is 4.42. The van der Waals surface area contributed by atoms with Gasteiger partial charge in [-0.1, -0.05) is 75.2 Å². The van der Waals surface area contributed by atoms with Crippen molar-refractivity contribution in [2.75, 3.05) is 4.72 Å². The van der Waals surface area contributed by atoms with E-state index in [1.807, 2.05) is 36.4 Å². The molecule has 0 aliphatic carbocycles. The summed E-state index contributed by atoms with van der Waals surface area (Å²) in [7, 11) is -3.90. The first-order valence-electron chi connectivity index (χ1n) is 12.4. The van der Waals surface area contributed by atoms with Crippen LogP contribution in [0.3, 0.4) is 0 Å². The van der Waals surface area contributed by atoms with E-state index in [9.17, 15) is 18.6 Å². The number of azo groups is 1. The molecule has 0 aliphatic heterocycles. The van der Waals surface area contributed by atoms with Gasteiger partial charge in [-0.05, 0) is 60.0 Å². The molecule has 0 aliphatic rings. The number of phenolic OH excluding ortho intramolecular Hbond substituents is 2. The molecular formula is C29H31N3O4S. The van der Waals surface area contributed by atoms with Crippen molar-refractivity contribution in [2.24, 2.45) is 10.2 Å². The molecule has 0 bridgehead atoms. The van der Waals surface area contributed by atoms with E-state index in [-0.39, 0.29) is 39.4 Å². The molecule has 1 atom stereocenters. The maximum absolute atomic E-state index is 13.4. The highest BCUT2D eigenvalue weighted by atomic mass is 32.2. The van der Waals surface area contributed by atoms with Gasteiger partial charge in [0.25, 0.3) is 10.0 Å². The summed E-state index contributed by atoms with van der Waals surface area (Å²) >= 11 is 0. The number of hydrogen-bond donors (Lipinski definition) is 3. The summed E-state index contributed by atoms with van der Waals surface area (Å²) < 4.78 is 29.5. The van der Waals surface area contributed by atoms with Crippen LogP contribution in [-0.4, -0.2) is 18.6 Å². The van der Waals surface area contributed by atoms with E-state index in [4.69, 9.17) is 0 Å². The second-order valence-corrected chi connectivity index (χ2v) is 10.6. The zero-order valence-corrected chi connectivity index (χ0v) is 21.7. The predicted molar refractivity (Wildman–Crippen MR) is 148 cm³/mol. The summed E-state index contributed by atoms with van der Waals surface area (Å²) in [6.07, 6.45) is 3.84. The summed E-state index contributed by atoms with van der Waals surface area (Å²) in [5, 5.41) is 30.6. The molecule has 8 heteroatoms. The number of nitrogens with zero attached hydrogens (tertiary/aromatic N) is 2. The number of phenols is 2. The lowest BCUT2D eigenvalue weighted by Crippen LogP contribution is -2.16. The highest BCUT2D eigenvalue weighted by molar-refractivity contribution is 7.92. The minimum atomic E-state index is -3.90. The lowest BCUT2D eigenvalue weighted by molar-refractivity contribution is 0.474. The van der Waals surface area contributed by atoms with Gasteiger partial charge in [-0.3, -0.25) is 4.72 Å². The Morgan fingerprint density at radius 1 is 0.865 bits per heavy atom. The minimum absolute atomic E-state index is 0.0519. The van der Waals surface area contributed by atoms with E-state index in [0.717, 1.165) is 36.6 Å². The maximum atomic E-state index is 13.4. The van der Waals surface area contributed by atoms with Crippen LogP contribution in [0.25, 0.3) is 10.8 Å². The number of nitrogens with one attached hydrogen (secondary N) is 1. The number of rotatable bonds is 10. The Bertz CT molecular complexity index is 1530. The van der Waals surface area contributed by atoms with Crippen molar-refractivity contribution in [3.8, 4) is 11.5 Å². The Kier molecular flexibility index (Phi) is 8.08. The Morgan fingerprint density at radius 2 is 1.59 bits per heavy atom. The third-order valence-electron chi connectivity index (χ3n) is 6.41. The highest BCUT2D eigenvalue weighted by Crippen LogP contribution is 2.38. The number of sulfonamides is 1. The molecule has 4 aromatic carbocycles. The van der Waals surface area contributed by atoms with Gasteiger partial charge < -0.3 is 10.2 Å². The fraction of sp³-hybridized carbons (Fsp3) is 0.241. The van der Waals surface area contributed by atoms with Gasteiger partial charge >= 0.3 is 0 Å². The number of anilines is 1. The molecule has 0 aromatic heterocycles. The van der Waals surface area contributed by atoms with Crippen LogP contribution >= 0.6 is 0 Å². The second-order valence-electron chi connectivity index (χ2n) is 8.95. The van der Waals surface area contributed by atoms with Crippen LogP contribution in [-0.2, 0) is 10.0 Å².